The molecule has 182 valence electrons. The molecule has 34 heavy (non-hydrogen) atoms. The van der Waals surface area contributed by atoms with Crippen molar-refractivity contribution in [3.05, 3.63) is 94.5 Å². The lowest BCUT2D eigenvalue weighted by Crippen LogP contribution is -2.47. The first-order valence-corrected chi connectivity index (χ1v) is 13.1. The largest absolute Gasteiger partial charge is 0.480 e. The highest BCUT2D eigenvalue weighted by molar-refractivity contribution is 7.99. The van der Waals surface area contributed by atoms with Gasteiger partial charge in [0.15, 0.2) is 0 Å². The van der Waals surface area contributed by atoms with Gasteiger partial charge in [0, 0.05) is 14.8 Å². The topological polar surface area (TPSA) is 63.3 Å². The summed E-state index contributed by atoms with van der Waals surface area (Å²) in [6, 6.07) is 24.9. The summed E-state index contributed by atoms with van der Waals surface area (Å²) in [6.45, 7) is 6.19. The fourth-order valence-electron chi connectivity index (χ4n) is 3.70. The summed E-state index contributed by atoms with van der Waals surface area (Å²) < 4.78 is 0. The average molecular weight is 498 g/mol. The molecule has 1 atom stereocenters. The van der Waals surface area contributed by atoms with Gasteiger partial charge in [0.2, 0.25) is 0 Å². The van der Waals surface area contributed by atoms with Gasteiger partial charge in [-0.05, 0) is 74.4 Å². The van der Waals surface area contributed by atoms with Crippen LogP contribution in [0.15, 0.2) is 82.6 Å². The second kappa shape index (κ2) is 14.2. The van der Waals surface area contributed by atoms with Gasteiger partial charge in [-0.15, -0.1) is 0 Å². The van der Waals surface area contributed by atoms with E-state index in [-0.39, 0.29) is 0 Å². The Morgan fingerprint density at radius 3 is 2.24 bits per heavy atom. The van der Waals surface area contributed by atoms with E-state index in [9.17, 15) is 9.90 Å². The zero-order valence-corrected chi connectivity index (χ0v) is 22.0. The Kier molecular flexibility index (Phi) is 11.7. The molecule has 0 aliphatic rings. The summed E-state index contributed by atoms with van der Waals surface area (Å²) >= 11 is 8.12. The molecule has 3 N–H and O–H groups in total. The third-order valence-electron chi connectivity index (χ3n) is 5.69. The molecule has 3 nitrogen and oxygen atoms in total. The van der Waals surface area contributed by atoms with Crippen molar-refractivity contribution >= 4 is 29.3 Å². The Hall–Kier alpha value is -2.27. The summed E-state index contributed by atoms with van der Waals surface area (Å²) in [5.74, 6) is -0.921. The van der Waals surface area contributed by atoms with E-state index in [1.807, 2.05) is 31.2 Å². The average Bonchev–Trinajstić information content (AvgIpc) is 2.81. The number of nitrogens with two attached hydrogens (primary N) is 1. The molecule has 0 saturated carbocycles. The molecule has 0 bridgehead atoms. The Labute approximate surface area is 213 Å². The van der Waals surface area contributed by atoms with Gasteiger partial charge in [0.1, 0.15) is 5.54 Å². The van der Waals surface area contributed by atoms with Crippen molar-refractivity contribution in [3.8, 4) is 0 Å². The van der Waals surface area contributed by atoms with Crippen molar-refractivity contribution < 1.29 is 9.90 Å². The number of carboxylic acid groups (broad SMARTS) is 1. The summed E-state index contributed by atoms with van der Waals surface area (Å²) in [4.78, 5) is 13.7. The molecule has 3 rings (SSSR count). The van der Waals surface area contributed by atoms with Crippen molar-refractivity contribution in [2.24, 2.45) is 5.73 Å². The minimum Gasteiger partial charge on any atom is -0.480 e. The van der Waals surface area contributed by atoms with E-state index in [0.717, 1.165) is 34.7 Å². The van der Waals surface area contributed by atoms with Gasteiger partial charge in [0.05, 0.1) is 0 Å². The lowest BCUT2D eigenvalue weighted by Gasteiger charge is -2.24. The highest BCUT2D eigenvalue weighted by Crippen LogP contribution is 2.32. The first-order valence-electron chi connectivity index (χ1n) is 11.9. The fourth-order valence-corrected chi connectivity index (χ4v) is 5.02. The molecule has 0 radical (unpaired) electrons. The van der Waals surface area contributed by atoms with E-state index in [4.69, 9.17) is 17.3 Å². The monoisotopic (exact) mass is 497 g/mol. The molecular formula is C29H36ClNO2S. The fraction of sp³-hybridized carbons (Fsp3) is 0.345. The number of aryl methyl sites for hydroxylation is 3. The van der Waals surface area contributed by atoms with Crippen LogP contribution in [0, 0.1) is 6.92 Å². The molecule has 3 aromatic rings. The molecule has 0 spiro atoms. The maximum Gasteiger partial charge on any atom is 0.323 e. The number of hydrogen-bond acceptors (Lipinski definition) is 3. The van der Waals surface area contributed by atoms with Crippen LogP contribution in [-0.4, -0.2) is 16.6 Å². The SMILES string of the molecule is CCCC(N)(CCCc1ccc(Sc2cccc(C)c2)cc1Cl)C(=O)O.CCc1ccccc1. The van der Waals surface area contributed by atoms with Gasteiger partial charge in [-0.2, -0.15) is 0 Å². The summed E-state index contributed by atoms with van der Waals surface area (Å²) in [7, 11) is 0. The van der Waals surface area contributed by atoms with Crippen molar-refractivity contribution in [2.45, 2.75) is 74.6 Å². The smallest absolute Gasteiger partial charge is 0.323 e. The van der Waals surface area contributed by atoms with E-state index in [0.29, 0.717) is 19.3 Å². The molecule has 1 unspecified atom stereocenters. The van der Waals surface area contributed by atoms with E-state index < -0.39 is 11.5 Å². The number of hydrogen-bond donors (Lipinski definition) is 2. The van der Waals surface area contributed by atoms with Crippen LogP contribution in [0.25, 0.3) is 0 Å². The molecule has 0 saturated heterocycles. The standard InChI is InChI=1S/C21H26ClNO2S.C8H10/c1-3-11-21(23,20(24)25)12-5-7-16-9-10-18(14-19(16)22)26-17-8-4-6-15(2)13-17;1-2-8-6-4-3-5-7-8/h4,6,8-10,13-14H,3,5,7,11-12,23H2,1-2H3,(H,24,25);3-7H,2H2,1H3. The molecule has 3 aromatic carbocycles. The van der Waals surface area contributed by atoms with Crippen LogP contribution in [0.5, 0.6) is 0 Å². The van der Waals surface area contributed by atoms with Crippen LogP contribution < -0.4 is 5.73 Å². The number of aliphatic carboxylic acids is 1. The minimum absolute atomic E-state index is 0.451. The maximum absolute atomic E-state index is 11.4. The first-order chi connectivity index (χ1) is 16.3. The zero-order chi connectivity index (χ0) is 25.0. The van der Waals surface area contributed by atoms with Gasteiger partial charge in [0.25, 0.3) is 0 Å². The van der Waals surface area contributed by atoms with E-state index in [1.54, 1.807) is 11.8 Å². The Balaban J connectivity index is 0.000000430. The number of carboxylic acids is 1. The third-order valence-corrected chi connectivity index (χ3v) is 7.02. The summed E-state index contributed by atoms with van der Waals surface area (Å²) in [5.41, 5.74) is 8.57. The van der Waals surface area contributed by atoms with Gasteiger partial charge >= 0.3 is 5.97 Å². The second-order valence-electron chi connectivity index (χ2n) is 8.58. The number of carbonyl (C=O) groups is 1. The quantitative estimate of drug-likeness (QED) is 0.298. The van der Waals surface area contributed by atoms with Gasteiger partial charge in [-0.3, -0.25) is 4.79 Å². The van der Waals surface area contributed by atoms with Gasteiger partial charge in [-0.25, -0.2) is 0 Å². The van der Waals surface area contributed by atoms with Crippen LogP contribution in [0.3, 0.4) is 0 Å². The molecule has 0 aromatic heterocycles. The van der Waals surface area contributed by atoms with E-state index in [2.05, 4.69) is 62.4 Å². The maximum atomic E-state index is 11.4. The molecule has 0 amide bonds. The van der Waals surface area contributed by atoms with Crippen molar-refractivity contribution in [1.82, 2.24) is 0 Å². The Morgan fingerprint density at radius 1 is 0.971 bits per heavy atom. The second-order valence-corrected chi connectivity index (χ2v) is 10.1. The van der Waals surface area contributed by atoms with Crippen LogP contribution in [0.2, 0.25) is 5.02 Å². The van der Waals surface area contributed by atoms with Crippen LogP contribution >= 0.6 is 23.4 Å². The van der Waals surface area contributed by atoms with Crippen LogP contribution in [0.4, 0.5) is 0 Å². The predicted molar refractivity (Wildman–Crippen MR) is 145 cm³/mol. The molecule has 0 aliphatic carbocycles. The molecule has 0 fully saturated rings. The number of halogens is 1. The number of benzene rings is 3. The zero-order valence-electron chi connectivity index (χ0n) is 20.4. The molecule has 0 aliphatic heterocycles. The summed E-state index contributed by atoms with van der Waals surface area (Å²) in [6.07, 6.45) is 4.26. The lowest BCUT2D eigenvalue weighted by atomic mass is 9.88. The highest BCUT2D eigenvalue weighted by Gasteiger charge is 2.32. The van der Waals surface area contributed by atoms with Crippen LogP contribution in [0.1, 0.15) is 56.2 Å². The lowest BCUT2D eigenvalue weighted by molar-refractivity contribution is -0.144. The Morgan fingerprint density at radius 2 is 1.68 bits per heavy atom. The Bertz CT molecular complexity index is 1040. The summed E-state index contributed by atoms with van der Waals surface area (Å²) in [5, 5.41) is 10.1. The molecule has 5 heteroatoms. The van der Waals surface area contributed by atoms with Crippen molar-refractivity contribution in [3.63, 3.8) is 0 Å². The van der Waals surface area contributed by atoms with Gasteiger partial charge in [-0.1, -0.05) is 97.7 Å². The van der Waals surface area contributed by atoms with Crippen molar-refractivity contribution in [2.75, 3.05) is 0 Å². The molecule has 0 heterocycles. The van der Waals surface area contributed by atoms with E-state index >= 15 is 0 Å². The number of rotatable bonds is 10. The first kappa shape index (κ1) is 28.0. The highest BCUT2D eigenvalue weighted by atomic mass is 35.5. The van der Waals surface area contributed by atoms with Gasteiger partial charge < -0.3 is 10.8 Å². The molecular weight excluding hydrogens is 462 g/mol. The normalized spacial score (nSPS) is 12.4. The third kappa shape index (κ3) is 9.17. The minimum atomic E-state index is -1.14. The van der Waals surface area contributed by atoms with E-state index in [1.165, 1.54) is 16.0 Å². The van der Waals surface area contributed by atoms with Crippen LogP contribution in [-0.2, 0) is 17.6 Å². The van der Waals surface area contributed by atoms with Crippen molar-refractivity contribution in [1.29, 1.82) is 0 Å². The predicted octanol–water partition coefficient (Wildman–Crippen LogP) is 7.95.